The van der Waals surface area contributed by atoms with E-state index in [9.17, 15) is 5.26 Å². The van der Waals surface area contributed by atoms with E-state index in [1.807, 2.05) is 54.6 Å². The smallest absolute Gasteiger partial charge is 0.256 e. The molecule has 0 bridgehead atoms. The number of rotatable bonds is 4. The third-order valence-corrected chi connectivity index (χ3v) is 3.93. The fourth-order valence-corrected chi connectivity index (χ4v) is 2.85. The molecule has 0 spiro atoms. The van der Waals surface area contributed by atoms with Crippen LogP contribution in [0.15, 0.2) is 64.2 Å². The molecular formula is C16H12N2OS. The topological polar surface area (TPSA) is 49.8 Å². The second-order valence-corrected chi connectivity index (χ2v) is 5.32. The molecule has 0 fully saturated rings. The molecule has 2 aromatic carbocycles. The largest absolute Gasteiger partial charge is 0.431 e. The molecule has 0 aliphatic carbocycles. The third kappa shape index (κ3) is 2.68. The lowest BCUT2D eigenvalue weighted by Crippen LogP contribution is -1.98. The average molecular weight is 280 g/mol. The zero-order chi connectivity index (χ0) is 13.8. The van der Waals surface area contributed by atoms with E-state index in [0.29, 0.717) is 11.0 Å². The number of oxazole rings is 1. The first kappa shape index (κ1) is 12.8. The normalized spacial score (nSPS) is 12.2. The molecule has 3 nitrogen and oxygen atoms in total. The van der Waals surface area contributed by atoms with Crippen molar-refractivity contribution in [3.63, 3.8) is 0 Å². The Bertz CT molecular complexity index is 713. The summed E-state index contributed by atoms with van der Waals surface area (Å²) in [7, 11) is 0. The highest BCUT2D eigenvalue weighted by molar-refractivity contribution is 7.99. The third-order valence-electron chi connectivity index (χ3n) is 3.01. The highest BCUT2D eigenvalue weighted by Crippen LogP contribution is 2.27. The molecule has 1 aromatic heterocycles. The Morgan fingerprint density at radius 2 is 1.85 bits per heavy atom. The Kier molecular flexibility index (Phi) is 3.71. The van der Waals surface area contributed by atoms with E-state index in [1.165, 1.54) is 11.8 Å². The molecule has 3 rings (SSSR count). The number of nitriles is 1. The molecule has 0 saturated heterocycles. The zero-order valence-corrected chi connectivity index (χ0v) is 11.5. The van der Waals surface area contributed by atoms with E-state index < -0.39 is 0 Å². The molecule has 0 amide bonds. The number of hydrogen-bond donors (Lipinski definition) is 0. The van der Waals surface area contributed by atoms with Gasteiger partial charge in [-0.15, -0.1) is 0 Å². The van der Waals surface area contributed by atoms with E-state index in [1.54, 1.807) is 0 Å². The van der Waals surface area contributed by atoms with Gasteiger partial charge < -0.3 is 4.42 Å². The lowest BCUT2D eigenvalue weighted by molar-refractivity contribution is 0.489. The van der Waals surface area contributed by atoms with Gasteiger partial charge in [0.15, 0.2) is 5.58 Å². The van der Waals surface area contributed by atoms with Crippen molar-refractivity contribution in [3.05, 3.63) is 60.2 Å². The van der Waals surface area contributed by atoms with E-state index in [4.69, 9.17) is 4.42 Å². The van der Waals surface area contributed by atoms with Gasteiger partial charge in [-0.1, -0.05) is 54.2 Å². The second-order valence-electron chi connectivity index (χ2n) is 4.35. The zero-order valence-electron chi connectivity index (χ0n) is 10.7. The van der Waals surface area contributed by atoms with Gasteiger partial charge in [-0.05, 0) is 17.7 Å². The number of aromatic nitrogens is 1. The minimum absolute atomic E-state index is 0.156. The molecule has 0 saturated carbocycles. The minimum Gasteiger partial charge on any atom is -0.431 e. The molecule has 4 heteroatoms. The number of thioether (sulfide) groups is 1. The van der Waals surface area contributed by atoms with Gasteiger partial charge in [0.05, 0.1) is 12.0 Å². The molecule has 1 unspecified atom stereocenters. The first-order chi connectivity index (χ1) is 9.86. The van der Waals surface area contributed by atoms with E-state index in [0.717, 1.165) is 16.7 Å². The molecule has 3 aromatic rings. The molecule has 0 radical (unpaired) electrons. The number of nitrogens with zero attached hydrogens (tertiary/aromatic N) is 2. The van der Waals surface area contributed by atoms with Gasteiger partial charge in [0, 0.05) is 5.75 Å². The predicted octanol–water partition coefficient (Wildman–Crippen LogP) is 4.23. The summed E-state index contributed by atoms with van der Waals surface area (Å²) in [5.41, 5.74) is 2.66. The van der Waals surface area contributed by atoms with Crippen molar-refractivity contribution in [2.45, 2.75) is 11.1 Å². The van der Waals surface area contributed by atoms with Crippen LogP contribution in [0.5, 0.6) is 0 Å². The minimum atomic E-state index is -0.156. The van der Waals surface area contributed by atoms with Gasteiger partial charge in [-0.25, -0.2) is 4.98 Å². The molecule has 20 heavy (non-hydrogen) atoms. The van der Waals surface area contributed by atoms with Crippen LogP contribution in [-0.2, 0) is 0 Å². The standard InChI is InChI=1S/C16H12N2OS/c17-10-13(12-6-2-1-3-7-12)11-20-16-18-14-8-4-5-9-15(14)19-16/h1-9,13H,11H2. The summed E-state index contributed by atoms with van der Waals surface area (Å²) in [5.74, 6) is 0.476. The van der Waals surface area contributed by atoms with Gasteiger partial charge in [0.2, 0.25) is 0 Å². The summed E-state index contributed by atoms with van der Waals surface area (Å²) in [4.78, 5) is 4.40. The first-order valence-corrected chi connectivity index (χ1v) is 7.28. The quantitative estimate of drug-likeness (QED) is 0.671. The Hall–Kier alpha value is -2.25. The summed E-state index contributed by atoms with van der Waals surface area (Å²) in [6.07, 6.45) is 0. The highest BCUT2D eigenvalue weighted by atomic mass is 32.2. The van der Waals surface area contributed by atoms with Crippen molar-refractivity contribution in [1.82, 2.24) is 4.98 Å². The van der Waals surface area contributed by atoms with Crippen LogP contribution in [0.4, 0.5) is 0 Å². The summed E-state index contributed by atoms with van der Waals surface area (Å²) in [6.45, 7) is 0. The molecule has 0 aliphatic heterocycles. The molecular weight excluding hydrogens is 268 g/mol. The Morgan fingerprint density at radius 1 is 1.10 bits per heavy atom. The van der Waals surface area contributed by atoms with Crippen LogP contribution in [0.3, 0.4) is 0 Å². The monoisotopic (exact) mass is 280 g/mol. The van der Waals surface area contributed by atoms with Crippen LogP contribution in [0.25, 0.3) is 11.1 Å². The highest BCUT2D eigenvalue weighted by Gasteiger charge is 2.13. The lowest BCUT2D eigenvalue weighted by atomic mass is 10.0. The Labute approximate surface area is 121 Å². The van der Waals surface area contributed by atoms with Gasteiger partial charge in [0.1, 0.15) is 5.52 Å². The summed E-state index contributed by atoms with van der Waals surface area (Å²) in [5, 5.41) is 9.90. The Morgan fingerprint density at radius 3 is 2.60 bits per heavy atom. The van der Waals surface area contributed by atoms with Crippen molar-refractivity contribution < 1.29 is 4.42 Å². The molecule has 98 valence electrons. The maximum absolute atomic E-state index is 9.28. The van der Waals surface area contributed by atoms with Crippen LogP contribution in [-0.4, -0.2) is 10.7 Å². The number of fused-ring (bicyclic) bond motifs is 1. The maximum Gasteiger partial charge on any atom is 0.256 e. The lowest BCUT2D eigenvalue weighted by Gasteiger charge is -2.06. The summed E-state index contributed by atoms with van der Waals surface area (Å²) in [6, 6.07) is 19.8. The molecule has 0 aliphatic rings. The van der Waals surface area contributed by atoms with E-state index >= 15 is 0 Å². The van der Waals surface area contributed by atoms with Crippen LogP contribution in [0, 0.1) is 11.3 Å². The number of para-hydroxylation sites is 2. The summed E-state index contributed by atoms with van der Waals surface area (Å²) >= 11 is 1.47. The van der Waals surface area contributed by atoms with Gasteiger partial charge in [0.25, 0.3) is 5.22 Å². The van der Waals surface area contributed by atoms with Crippen LogP contribution in [0.2, 0.25) is 0 Å². The molecule has 0 N–H and O–H groups in total. The first-order valence-electron chi connectivity index (χ1n) is 6.30. The van der Waals surface area contributed by atoms with Crippen molar-refractivity contribution >= 4 is 22.9 Å². The predicted molar refractivity (Wildman–Crippen MR) is 79.5 cm³/mol. The van der Waals surface area contributed by atoms with Gasteiger partial charge in [-0.2, -0.15) is 5.26 Å². The molecule has 1 atom stereocenters. The fourth-order valence-electron chi connectivity index (χ4n) is 1.96. The van der Waals surface area contributed by atoms with Crippen molar-refractivity contribution in [1.29, 1.82) is 5.26 Å². The van der Waals surface area contributed by atoms with Crippen LogP contribution in [0.1, 0.15) is 11.5 Å². The van der Waals surface area contributed by atoms with Crippen molar-refractivity contribution in [2.24, 2.45) is 0 Å². The Balaban J connectivity index is 1.73. The number of hydrogen-bond acceptors (Lipinski definition) is 4. The second kappa shape index (κ2) is 5.81. The fraction of sp³-hybridized carbons (Fsp3) is 0.125. The number of benzene rings is 2. The van der Waals surface area contributed by atoms with Crippen LogP contribution >= 0.6 is 11.8 Å². The van der Waals surface area contributed by atoms with Crippen molar-refractivity contribution in [2.75, 3.05) is 5.75 Å². The SMILES string of the molecule is N#CC(CSc1nc2ccccc2o1)c1ccccc1. The van der Waals surface area contributed by atoms with Gasteiger partial charge in [-0.3, -0.25) is 0 Å². The summed E-state index contributed by atoms with van der Waals surface area (Å²) < 4.78 is 5.64. The van der Waals surface area contributed by atoms with Crippen LogP contribution < -0.4 is 0 Å². The maximum atomic E-state index is 9.28. The average Bonchev–Trinajstić information content (AvgIpc) is 2.92. The van der Waals surface area contributed by atoms with Gasteiger partial charge >= 0.3 is 0 Å². The van der Waals surface area contributed by atoms with E-state index in [-0.39, 0.29) is 5.92 Å². The van der Waals surface area contributed by atoms with Crippen molar-refractivity contribution in [3.8, 4) is 6.07 Å². The van der Waals surface area contributed by atoms with E-state index in [2.05, 4.69) is 11.1 Å². The molecule has 1 heterocycles.